The van der Waals surface area contributed by atoms with E-state index in [1.54, 1.807) is 17.4 Å². The number of rotatable bonds is 5. The van der Waals surface area contributed by atoms with Gasteiger partial charge in [-0.1, -0.05) is 13.3 Å². The highest BCUT2D eigenvalue weighted by atomic mass is 32.1. The predicted molar refractivity (Wildman–Crippen MR) is 61.3 cm³/mol. The molecular formula is C11H15NOS. The standard InChI is InChI=1S/C11H15NOS/c1-2-3-7-12-11(13)5-4-10-6-8-14-9-10/h4-6,8-9H,2-3,7H2,1H3,(H,12,13)/b5-4+. The molecule has 3 heteroatoms. The van der Waals surface area contributed by atoms with Crippen molar-refractivity contribution in [3.63, 3.8) is 0 Å². The summed E-state index contributed by atoms with van der Waals surface area (Å²) in [4.78, 5) is 11.2. The van der Waals surface area contributed by atoms with Gasteiger partial charge in [-0.05, 0) is 34.9 Å². The van der Waals surface area contributed by atoms with Crippen molar-refractivity contribution >= 4 is 23.3 Å². The molecule has 1 aromatic heterocycles. The zero-order chi connectivity index (χ0) is 10.2. The van der Waals surface area contributed by atoms with E-state index in [0.29, 0.717) is 0 Å². The lowest BCUT2D eigenvalue weighted by Gasteiger charge is -1.98. The Morgan fingerprint density at radius 2 is 2.50 bits per heavy atom. The van der Waals surface area contributed by atoms with Crippen LogP contribution in [0.1, 0.15) is 25.3 Å². The Morgan fingerprint density at radius 1 is 1.64 bits per heavy atom. The van der Waals surface area contributed by atoms with E-state index >= 15 is 0 Å². The molecule has 0 atom stereocenters. The van der Waals surface area contributed by atoms with Gasteiger partial charge in [0.25, 0.3) is 0 Å². The maximum atomic E-state index is 11.2. The molecule has 0 saturated heterocycles. The van der Waals surface area contributed by atoms with Gasteiger partial charge in [-0.25, -0.2) is 0 Å². The average molecular weight is 209 g/mol. The third kappa shape index (κ3) is 4.23. The molecule has 1 rings (SSSR count). The summed E-state index contributed by atoms with van der Waals surface area (Å²) in [5, 5.41) is 6.83. The molecule has 0 saturated carbocycles. The maximum Gasteiger partial charge on any atom is 0.243 e. The molecule has 0 spiro atoms. The van der Waals surface area contributed by atoms with Crippen LogP contribution in [-0.2, 0) is 4.79 Å². The number of unbranched alkanes of at least 4 members (excludes halogenated alkanes) is 1. The van der Waals surface area contributed by atoms with Crippen molar-refractivity contribution in [3.05, 3.63) is 28.5 Å². The molecule has 1 amide bonds. The van der Waals surface area contributed by atoms with Gasteiger partial charge in [0.05, 0.1) is 0 Å². The van der Waals surface area contributed by atoms with Gasteiger partial charge in [-0.3, -0.25) is 4.79 Å². The first-order valence-electron chi connectivity index (χ1n) is 4.81. The number of hydrogen-bond donors (Lipinski definition) is 1. The predicted octanol–water partition coefficient (Wildman–Crippen LogP) is 2.68. The van der Waals surface area contributed by atoms with E-state index in [-0.39, 0.29) is 5.91 Å². The molecule has 1 aromatic rings. The first-order valence-corrected chi connectivity index (χ1v) is 5.75. The summed E-state index contributed by atoms with van der Waals surface area (Å²) in [7, 11) is 0. The number of hydrogen-bond acceptors (Lipinski definition) is 2. The second-order valence-electron chi connectivity index (χ2n) is 3.03. The summed E-state index contributed by atoms with van der Waals surface area (Å²) in [5.74, 6) is -0.00958. The van der Waals surface area contributed by atoms with Crippen LogP contribution < -0.4 is 5.32 Å². The molecule has 0 radical (unpaired) electrons. The fourth-order valence-corrected chi connectivity index (χ4v) is 1.62. The van der Waals surface area contributed by atoms with E-state index in [1.165, 1.54) is 0 Å². The minimum absolute atomic E-state index is 0.00958. The van der Waals surface area contributed by atoms with Gasteiger partial charge < -0.3 is 5.32 Å². The zero-order valence-electron chi connectivity index (χ0n) is 8.32. The Labute approximate surface area is 88.6 Å². The molecule has 1 heterocycles. The Hall–Kier alpha value is -1.09. The van der Waals surface area contributed by atoms with Crippen LogP contribution in [0.3, 0.4) is 0 Å². The fraction of sp³-hybridized carbons (Fsp3) is 0.364. The van der Waals surface area contributed by atoms with Crippen LogP contribution in [0.15, 0.2) is 22.9 Å². The lowest BCUT2D eigenvalue weighted by molar-refractivity contribution is -0.116. The highest BCUT2D eigenvalue weighted by Gasteiger charge is 1.93. The number of carbonyl (C=O) groups excluding carboxylic acids is 1. The summed E-state index contributed by atoms with van der Waals surface area (Å²) < 4.78 is 0. The largest absolute Gasteiger partial charge is 0.353 e. The first-order chi connectivity index (χ1) is 6.83. The molecule has 0 fully saturated rings. The summed E-state index contributed by atoms with van der Waals surface area (Å²) >= 11 is 1.63. The van der Waals surface area contributed by atoms with Gasteiger partial charge in [0, 0.05) is 12.6 Å². The molecule has 0 aliphatic rings. The highest BCUT2D eigenvalue weighted by Crippen LogP contribution is 2.07. The summed E-state index contributed by atoms with van der Waals surface area (Å²) in [5.41, 5.74) is 1.08. The van der Waals surface area contributed by atoms with Gasteiger partial charge in [0.1, 0.15) is 0 Å². The number of carbonyl (C=O) groups is 1. The number of nitrogens with one attached hydrogen (secondary N) is 1. The van der Waals surface area contributed by atoms with Crippen molar-refractivity contribution < 1.29 is 4.79 Å². The van der Waals surface area contributed by atoms with Crippen molar-refractivity contribution in [3.8, 4) is 0 Å². The summed E-state index contributed by atoms with van der Waals surface area (Å²) in [6.07, 6.45) is 5.56. The van der Waals surface area contributed by atoms with E-state index in [0.717, 1.165) is 24.9 Å². The Bertz CT molecular complexity index is 290. The summed E-state index contributed by atoms with van der Waals surface area (Å²) in [6.45, 7) is 2.87. The molecule has 14 heavy (non-hydrogen) atoms. The lowest BCUT2D eigenvalue weighted by Crippen LogP contribution is -2.21. The topological polar surface area (TPSA) is 29.1 Å². The zero-order valence-corrected chi connectivity index (χ0v) is 9.14. The van der Waals surface area contributed by atoms with E-state index < -0.39 is 0 Å². The molecule has 2 nitrogen and oxygen atoms in total. The lowest BCUT2D eigenvalue weighted by atomic mass is 10.3. The molecule has 0 aromatic carbocycles. The van der Waals surface area contributed by atoms with Crippen LogP contribution >= 0.6 is 11.3 Å². The van der Waals surface area contributed by atoms with Crippen molar-refractivity contribution in [2.24, 2.45) is 0 Å². The molecule has 1 N–H and O–H groups in total. The number of amides is 1. The second-order valence-corrected chi connectivity index (χ2v) is 3.81. The van der Waals surface area contributed by atoms with Crippen LogP contribution in [0.25, 0.3) is 6.08 Å². The Balaban J connectivity index is 2.26. The molecule has 0 aliphatic carbocycles. The minimum atomic E-state index is -0.00958. The van der Waals surface area contributed by atoms with Crippen LogP contribution in [0.5, 0.6) is 0 Å². The molecule has 0 unspecified atom stereocenters. The smallest absolute Gasteiger partial charge is 0.243 e. The van der Waals surface area contributed by atoms with Crippen molar-refractivity contribution in [1.29, 1.82) is 0 Å². The summed E-state index contributed by atoms with van der Waals surface area (Å²) in [6, 6.07) is 1.99. The van der Waals surface area contributed by atoms with Crippen LogP contribution in [0.4, 0.5) is 0 Å². The third-order valence-corrected chi connectivity index (χ3v) is 2.50. The molecule has 0 bridgehead atoms. The van der Waals surface area contributed by atoms with E-state index in [9.17, 15) is 4.79 Å². The number of thiophene rings is 1. The van der Waals surface area contributed by atoms with Crippen molar-refractivity contribution in [2.45, 2.75) is 19.8 Å². The second kappa shape index (κ2) is 6.38. The molecule has 0 aliphatic heterocycles. The first kappa shape index (κ1) is 11.0. The Morgan fingerprint density at radius 3 is 3.14 bits per heavy atom. The van der Waals surface area contributed by atoms with Gasteiger partial charge in [0.2, 0.25) is 5.91 Å². The van der Waals surface area contributed by atoms with Gasteiger partial charge in [-0.15, -0.1) is 0 Å². The van der Waals surface area contributed by atoms with E-state index in [1.807, 2.05) is 22.9 Å². The fourth-order valence-electron chi connectivity index (χ4n) is 0.989. The maximum absolute atomic E-state index is 11.2. The van der Waals surface area contributed by atoms with Crippen LogP contribution in [-0.4, -0.2) is 12.5 Å². The van der Waals surface area contributed by atoms with Crippen LogP contribution in [0.2, 0.25) is 0 Å². The van der Waals surface area contributed by atoms with Gasteiger partial charge in [-0.2, -0.15) is 11.3 Å². The molecule has 76 valence electrons. The van der Waals surface area contributed by atoms with E-state index in [2.05, 4.69) is 12.2 Å². The molecular weight excluding hydrogens is 194 g/mol. The SMILES string of the molecule is CCCCNC(=O)/C=C/c1ccsc1. The van der Waals surface area contributed by atoms with Crippen molar-refractivity contribution in [2.75, 3.05) is 6.54 Å². The third-order valence-electron chi connectivity index (χ3n) is 1.80. The van der Waals surface area contributed by atoms with Gasteiger partial charge >= 0.3 is 0 Å². The van der Waals surface area contributed by atoms with Gasteiger partial charge in [0.15, 0.2) is 0 Å². The van der Waals surface area contributed by atoms with E-state index in [4.69, 9.17) is 0 Å². The minimum Gasteiger partial charge on any atom is -0.353 e. The normalized spacial score (nSPS) is 10.6. The average Bonchev–Trinajstić information content (AvgIpc) is 2.68. The monoisotopic (exact) mass is 209 g/mol. The quantitative estimate of drug-likeness (QED) is 0.586. The van der Waals surface area contributed by atoms with Crippen LogP contribution in [0, 0.1) is 0 Å². The highest BCUT2D eigenvalue weighted by molar-refractivity contribution is 7.08. The Kier molecular flexibility index (Phi) is 5.00. The van der Waals surface area contributed by atoms with Crippen molar-refractivity contribution in [1.82, 2.24) is 5.32 Å².